The van der Waals surface area contributed by atoms with Crippen LogP contribution in [0.5, 0.6) is 0 Å². The lowest BCUT2D eigenvalue weighted by Crippen LogP contribution is -2.41. The zero-order chi connectivity index (χ0) is 16.6. The van der Waals surface area contributed by atoms with Crippen molar-refractivity contribution in [1.82, 2.24) is 0 Å². The molecule has 1 aliphatic rings. The lowest BCUT2D eigenvalue weighted by molar-refractivity contribution is -0.606. The normalized spacial score (nSPS) is 15.1. The van der Waals surface area contributed by atoms with Crippen molar-refractivity contribution in [3.05, 3.63) is 50.3 Å². The van der Waals surface area contributed by atoms with Crippen molar-refractivity contribution in [1.29, 1.82) is 0 Å². The van der Waals surface area contributed by atoms with Gasteiger partial charge in [0.25, 0.3) is 0 Å². The number of hydrogen-bond acceptors (Lipinski definition) is 5. The van der Waals surface area contributed by atoms with Crippen molar-refractivity contribution in [2.45, 2.75) is 18.2 Å². The van der Waals surface area contributed by atoms with Crippen LogP contribution >= 0.6 is 34.7 Å². The summed E-state index contributed by atoms with van der Waals surface area (Å²) >= 11 is 8.76. The zero-order valence-corrected chi connectivity index (χ0v) is 14.8. The molecule has 0 amide bonds. The van der Waals surface area contributed by atoms with Crippen molar-refractivity contribution in [3.63, 3.8) is 0 Å². The summed E-state index contributed by atoms with van der Waals surface area (Å²) in [4.78, 5) is 25.6. The van der Waals surface area contributed by atoms with Gasteiger partial charge in [-0.05, 0) is 36.0 Å². The summed E-state index contributed by atoms with van der Waals surface area (Å²) in [6, 6.07) is 7.35. The Labute approximate surface area is 146 Å². The van der Waals surface area contributed by atoms with Gasteiger partial charge in [0.2, 0.25) is 5.69 Å². The number of ether oxygens (including phenoxy) is 1. The molecule has 0 unspecified atom stereocenters. The van der Waals surface area contributed by atoms with Gasteiger partial charge < -0.3 is 4.74 Å². The molecule has 23 heavy (non-hydrogen) atoms. The maximum Gasteiger partial charge on any atom is 0.433 e. The number of halogens is 1. The first-order valence-corrected chi connectivity index (χ1v) is 8.95. The highest BCUT2D eigenvalue weighted by atomic mass is 35.5. The van der Waals surface area contributed by atoms with Crippen molar-refractivity contribution in [2.24, 2.45) is 0 Å². The van der Waals surface area contributed by atoms with E-state index >= 15 is 0 Å². The maximum atomic E-state index is 12.6. The molecule has 118 valence electrons. The minimum Gasteiger partial charge on any atom is -0.462 e. The number of esters is 1. The van der Waals surface area contributed by atoms with Gasteiger partial charge >= 0.3 is 16.2 Å². The monoisotopic (exact) mass is 366 g/mol. The fraction of sp³-hybridized carbons (Fsp3) is 0.188. The van der Waals surface area contributed by atoms with Crippen LogP contribution in [0.25, 0.3) is 6.08 Å². The maximum absolute atomic E-state index is 12.6. The van der Waals surface area contributed by atoms with Crippen molar-refractivity contribution >= 4 is 52.7 Å². The number of hydrogen-bond donors (Lipinski definition) is 0. The second kappa shape index (κ2) is 6.47. The Bertz CT molecular complexity index is 842. The molecule has 0 radical (unpaired) electrons. The van der Waals surface area contributed by atoms with Gasteiger partial charge in [-0.25, -0.2) is 9.59 Å². The number of allylic oxidation sites excluding steroid dienone is 1. The van der Waals surface area contributed by atoms with E-state index in [-0.39, 0.29) is 11.9 Å². The van der Waals surface area contributed by atoms with Crippen LogP contribution in [0.1, 0.15) is 32.6 Å². The van der Waals surface area contributed by atoms with E-state index in [0.717, 1.165) is 9.90 Å². The average Bonchev–Trinajstić information content (AvgIpc) is 3.00. The Morgan fingerprint density at radius 3 is 2.78 bits per heavy atom. The first kappa shape index (κ1) is 16.2. The summed E-state index contributed by atoms with van der Waals surface area (Å²) in [5.41, 5.74) is 1.41. The molecule has 1 aromatic carbocycles. The fourth-order valence-corrected chi connectivity index (χ4v) is 4.81. The topological polar surface area (TPSA) is 47.2 Å². The Kier molecular flexibility index (Phi) is 4.57. The minimum absolute atomic E-state index is 0.144. The quantitative estimate of drug-likeness (QED) is 0.468. The molecule has 1 aliphatic heterocycles. The SMILES string of the molecule is CCOC(=O)c1sc2[n+](c1C)C(=O)C(=Cc1ccccc1Cl)S2. The van der Waals surface area contributed by atoms with Crippen LogP contribution in [0.4, 0.5) is 0 Å². The Morgan fingerprint density at radius 2 is 2.13 bits per heavy atom. The molecule has 4 nitrogen and oxygen atoms in total. The molecule has 0 aliphatic carbocycles. The third kappa shape index (κ3) is 2.94. The van der Waals surface area contributed by atoms with Gasteiger partial charge in [-0.1, -0.05) is 29.8 Å². The van der Waals surface area contributed by atoms with Crippen LogP contribution in [0.3, 0.4) is 0 Å². The van der Waals surface area contributed by atoms with Gasteiger partial charge in [0.05, 0.1) is 6.61 Å². The molecule has 3 rings (SSSR count). The largest absolute Gasteiger partial charge is 0.462 e. The van der Waals surface area contributed by atoms with Crippen LogP contribution < -0.4 is 4.57 Å². The molecule has 2 aromatic rings. The summed E-state index contributed by atoms with van der Waals surface area (Å²) in [5.74, 6) is -0.531. The van der Waals surface area contributed by atoms with Gasteiger partial charge in [0.15, 0.2) is 4.88 Å². The second-order valence-corrected chi connectivity index (χ2v) is 7.47. The Balaban J connectivity index is 1.95. The second-order valence-electron chi connectivity index (χ2n) is 4.78. The zero-order valence-electron chi connectivity index (χ0n) is 12.5. The molecule has 2 heterocycles. The highest BCUT2D eigenvalue weighted by molar-refractivity contribution is 8.05. The molecule has 0 spiro atoms. The molecular formula is C16H13ClNO3S2+. The smallest absolute Gasteiger partial charge is 0.433 e. The highest BCUT2D eigenvalue weighted by Crippen LogP contribution is 2.38. The van der Waals surface area contributed by atoms with Crippen molar-refractivity contribution in [3.8, 4) is 0 Å². The van der Waals surface area contributed by atoms with Crippen LogP contribution in [0, 0.1) is 6.92 Å². The predicted octanol–water partition coefficient (Wildman–Crippen LogP) is 3.96. The lowest BCUT2D eigenvalue weighted by Gasteiger charge is -1.98. The first-order valence-electron chi connectivity index (χ1n) is 6.94. The summed E-state index contributed by atoms with van der Waals surface area (Å²) in [7, 11) is 0. The van der Waals surface area contributed by atoms with Crippen LogP contribution in [-0.4, -0.2) is 18.5 Å². The average molecular weight is 367 g/mol. The fourth-order valence-electron chi connectivity index (χ4n) is 2.21. The molecular weight excluding hydrogens is 354 g/mol. The molecule has 7 heteroatoms. The van der Waals surface area contributed by atoms with Crippen LogP contribution in [0.2, 0.25) is 5.02 Å². The summed E-state index contributed by atoms with van der Waals surface area (Å²) < 4.78 is 7.34. The number of fused-ring (bicyclic) bond motifs is 1. The molecule has 0 saturated carbocycles. The van der Waals surface area contributed by atoms with E-state index in [0.29, 0.717) is 27.1 Å². The number of nitrogens with zero attached hydrogens (tertiary/aromatic N) is 1. The van der Waals surface area contributed by atoms with Gasteiger partial charge in [0.1, 0.15) is 4.91 Å². The van der Waals surface area contributed by atoms with E-state index in [1.165, 1.54) is 23.1 Å². The number of benzene rings is 1. The van der Waals surface area contributed by atoms with Crippen molar-refractivity contribution in [2.75, 3.05) is 6.61 Å². The molecule has 1 aromatic heterocycles. The summed E-state index contributed by atoms with van der Waals surface area (Å²) in [6.07, 6.45) is 1.78. The van der Waals surface area contributed by atoms with E-state index in [1.54, 1.807) is 30.6 Å². The molecule has 0 bridgehead atoms. The summed E-state index contributed by atoms with van der Waals surface area (Å²) in [5, 5.41) is 0.595. The van der Waals surface area contributed by atoms with Gasteiger partial charge in [-0.3, -0.25) is 0 Å². The molecule has 0 saturated heterocycles. The predicted molar refractivity (Wildman–Crippen MR) is 91.1 cm³/mol. The molecule has 0 N–H and O–H groups in total. The Hall–Kier alpha value is -1.63. The van der Waals surface area contributed by atoms with Gasteiger partial charge in [-0.2, -0.15) is 0 Å². The van der Waals surface area contributed by atoms with Gasteiger partial charge in [-0.15, -0.1) is 4.57 Å². The van der Waals surface area contributed by atoms with Crippen LogP contribution in [0.15, 0.2) is 33.5 Å². The number of carbonyl (C=O) groups excluding carboxylic acids is 2. The van der Waals surface area contributed by atoms with Crippen molar-refractivity contribution < 1.29 is 18.9 Å². The molecule has 0 atom stereocenters. The number of carbonyl (C=O) groups is 2. The van der Waals surface area contributed by atoms with E-state index in [1.807, 2.05) is 18.2 Å². The number of aromatic nitrogens is 1. The van der Waals surface area contributed by atoms with E-state index in [4.69, 9.17) is 16.3 Å². The molecule has 0 fully saturated rings. The summed E-state index contributed by atoms with van der Waals surface area (Å²) in [6.45, 7) is 3.82. The first-order chi connectivity index (χ1) is 11.0. The van der Waals surface area contributed by atoms with Crippen LogP contribution in [-0.2, 0) is 4.74 Å². The minimum atomic E-state index is -0.387. The number of rotatable bonds is 3. The highest BCUT2D eigenvalue weighted by Gasteiger charge is 2.43. The van der Waals surface area contributed by atoms with E-state index in [9.17, 15) is 9.59 Å². The van der Waals surface area contributed by atoms with E-state index in [2.05, 4.69) is 0 Å². The standard InChI is InChI=1S/C16H13ClNO3S2/c1-3-21-15(20)13-9(2)18-14(19)12(22-16(18)23-13)8-10-6-4-5-7-11(10)17/h4-8H,3H2,1-2H3/q+1. The number of thiazole rings is 1. The third-order valence-electron chi connectivity index (χ3n) is 3.30. The van der Waals surface area contributed by atoms with Gasteiger partial charge in [0, 0.05) is 23.7 Å². The number of thioether (sulfide) groups is 1. The lowest BCUT2D eigenvalue weighted by atomic mass is 10.2. The Morgan fingerprint density at radius 1 is 1.39 bits per heavy atom. The van der Waals surface area contributed by atoms with E-state index < -0.39 is 0 Å². The third-order valence-corrected chi connectivity index (χ3v) is 6.04.